The lowest BCUT2D eigenvalue weighted by atomic mass is 10.1. The second kappa shape index (κ2) is 8.48. The fraction of sp³-hybridized carbons (Fsp3) is 0.500. The summed E-state index contributed by atoms with van der Waals surface area (Å²) >= 11 is 0. The number of rotatable bonds is 6. The second-order valence-electron chi connectivity index (χ2n) is 2.37. The molecule has 0 amide bonds. The molecule has 0 aromatic heterocycles. The van der Waals surface area contributed by atoms with Crippen LogP contribution in [0.2, 0.25) is 0 Å². The van der Waals surface area contributed by atoms with Gasteiger partial charge < -0.3 is 0 Å². The summed E-state index contributed by atoms with van der Waals surface area (Å²) in [6.45, 7) is 7.38. The molecule has 1 radical (unpaired) electrons. The highest BCUT2D eigenvalue weighted by Crippen LogP contribution is 2.02. The molecule has 0 heterocycles. The van der Waals surface area contributed by atoms with Gasteiger partial charge in [-0.3, -0.25) is 0 Å². The fourth-order valence-electron chi connectivity index (χ4n) is 0.808. The molecule has 0 rings (SSSR count). The Labute approximate surface area is 64.6 Å². The molecule has 0 nitrogen and oxygen atoms in total. The molecule has 0 heteroatoms. The maximum Gasteiger partial charge on any atom is -0.0348 e. The minimum absolute atomic E-state index is 1.07. The predicted octanol–water partition coefficient (Wildman–Crippen LogP) is 3.51. The zero-order chi connectivity index (χ0) is 7.66. The van der Waals surface area contributed by atoms with Gasteiger partial charge in [0.05, 0.1) is 0 Å². The number of unbranched alkanes of at least 4 members (excludes halogenated alkanes) is 4. The summed E-state index contributed by atoms with van der Waals surface area (Å²) in [5.41, 5.74) is 0. The zero-order valence-electron chi connectivity index (χ0n) is 6.68. The van der Waals surface area contributed by atoms with E-state index in [1.54, 1.807) is 0 Å². The molecule has 0 saturated heterocycles. The average Bonchev–Trinajstić information content (AvgIpc) is 1.97. The topological polar surface area (TPSA) is 0 Å². The van der Waals surface area contributed by atoms with Crippen LogP contribution < -0.4 is 0 Å². The lowest BCUT2D eigenvalue weighted by Gasteiger charge is -1.92. The summed E-state index contributed by atoms with van der Waals surface area (Å²) in [5, 5.41) is 0. The molecule has 0 bridgehead atoms. The van der Waals surface area contributed by atoms with Crippen LogP contribution in [0.4, 0.5) is 0 Å². The average molecular weight is 137 g/mol. The van der Waals surface area contributed by atoms with Crippen LogP contribution in [0.1, 0.15) is 32.1 Å². The summed E-state index contributed by atoms with van der Waals surface area (Å²) in [4.78, 5) is 0. The molecule has 0 unspecified atom stereocenters. The second-order valence-corrected chi connectivity index (χ2v) is 2.37. The quantitative estimate of drug-likeness (QED) is 0.388. The van der Waals surface area contributed by atoms with Gasteiger partial charge in [0, 0.05) is 0 Å². The molecule has 0 spiro atoms. The van der Waals surface area contributed by atoms with Crippen molar-refractivity contribution in [2.75, 3.05) is 0 Å². The van der Waals surface area contributed by atoms with Gasteiger partial charge in [0.1, 0.15) is 0 Å². The Hall–Kier alpha value is -0.520. The van der Waals surface area contributed by atoms with E-state index in [9.17, 15) is 0 Å². The Balaban J connectivity index is 2.90. The predicted molar refractivity (Wildman–Crippen MR) is 47.8 cm³/mol. The van der Waals surface area contributed by atoms with E-state index in [4.69, 9.17) is 0 Å². The molecule has 0 aromatic carbocycles. The van der Waals surface area contributed by atoms with Crippen molar-refractivity contribution >= 4 is 0 Å². The third kappa shape index (κ3) is 7.48. The highest BCUT2D eigenvalue weighted by molar-refractivity contribution is 4.96. The van der Waals surface area contributed by atoms with Gasteiger partial charge >= 0.3 is 0 Å². The van der Waals surface area contributed by atoms with E-state index >= 15 is 0 Å². The maximum absolute atomic E-state index is 3.79. The van der Waals surface area contributed by atoms with Crippen molar-refractivity contribution in [1.29, 1.82) is 0 Å². The van der Waals surface area contributed by atoms with Gasteiger partial charge in [-0.2, -0.15) is 0 Å². The van der Waals surface area contributed by atoms with E-state index in [1.807, 2.05) is 12.2 Å². The molecule has 0 N–H and O–H groups in total. The number of hydrogen-bond donors (Lipinski definition) is 0. The Morgan fingerprint density at radius 2 is 1.90 bits per heavy atom. The molecule has 0 aliphatic carbocycles. The van der Waals surface area contributed by atoms with Gasteiger partial charge in [-0.05, 0) is 12.8 Å². The summed E-state index contributed by atoms with van der Waals surface area (Å²) in [6, 6.07) is 0. The SMILES string of the molecule is [CH2]CCCCC/C=C/C=C. The Morgan fingerprint density at radius 3 is 2.50 bits per heavy atom. The minimum atomic E-state index is 1.07. The molecule has 0 aromatic rings. The van der Waals surface area contributed by atoms with Gasteiger partial charge in [-0.1, -0.05) is 51.0 Å². The molecular weight excluding hydrogens is 120 g/mol. The standard InChI is InChI=1S/C10H17/c1-3-5-7-9-10-8-6-4-2/h3,5,7H,1-2,4,6,8-10H2/b7-5+. The number of hydrogen-bond acceptors (Lipinski definition) is 0. The smallest absolute Gasteiger partial charge is 0.0348 e. The van der Waals surface area contributed by atoms with Crippen LogP contribution in [0.5, 0.6) is 0 Å². The summed E-state index contributed by atoms with van der Waals surface area (Å²) in [6.07, 6.45) is 12.1. The lowest BCUT2D eigenvalue weighted by molar-refractivity contribution is 0.695. The van der Waals surface area contributed by atoms with Crippen LogP contribution in [0.3, 0.4) is 0 Å². The van der Waals surface area contributed by atoms with E-state index in [0.717, 1.165) is 6.42 Å². The maximum atomic E-state index is 3.79. The largest absolute Gasteiger partial charge is 0.0991 e. The first-order chi connectivity index (χ1) is 4.91. The van der Waals surface area contributed by atoms with Crippen molar-refractivity contribution in [3.8, 4) is 0 Å². The monoisotopic (exact) mass is 137 g/mol. The highest BCUT2D eigenvalue weighted by Gasteiger charge is 1.82. The van der Waals surface area contributed by atoms with Gasteiger partial charge in [0.15, 0.2) is 0 Å². The van der Waals surface area contributed by atoms with Crippen LogP contribution in [0.15, 0.2) is 24.8 Å². The molecule has 10 heavy (non-hydrogen) atoms. The number of allylic oxidation sites excluding steroid dienone is 3. The van der Waals surface area contributed by atoms with Crippen LogP contribution in [0.25, 0.3) is 0 Å². The van der Waals surface area contributed by atoms with Gasteiger partial charge in [0.2, 0.25) is 0 Å². The van der Waals surface area contributed by atoms with Gasteiger partial charge in [-0.25, -0.2) is 0 Å². The van der Waals surface area contributed by atoms with E-state index in [1.165, 1.54) is 25.7 Å². The van der Waals surface area contributed by atoms with Crippen molar-refractivity contribution in [2.24, 2.45) is 0 Å². The zero-order valence-corrected chi connectivity index (χ0v) is 6.68. The van der Waals surface area contributed by atoms with E-state index in [-0.39, 0.29) is 0 Å². The highest BCUT2D eigenvalue weighted by atomic mass is 13.9. The minimum Gasteiger partial charge on any atom is -0.0991 e. The Bertz CT molecular complexity index is 90.2. The Morgan fingerprint density at radius 1 is 1.10 bits per heavy atom. The molecule has 0 aliphatic heterocycles. The summed E-state index contributed by atoms with van der Waals surface area (Å²) in [7, 11) is 0. The third-order valence-corrected chi connectivity index (χ3v) is 1.39. The Kier molecular flexibility index (Phi) is 8.04. The third-order valence-electron chi connectivity index (χ3n) is 1.39. The van der Waals surface area contributed by atoms with E-state index < -0.39 is 0 Å². The van der Waals surface area contributed by atoms with Crippen molar-refractivity contribution < 1.29 is 0 Å². The van der Waals surface area contributed by atoms with Crippen LogP contribution >= 0.6 is 0 Å². The van der Waals surface area contributed by atoms with Gasteiger partial charge in [-0.15, -0.1) is 0 Å². The molecule has 0 aliphatic rings. The first kappa shape index (κ1) is 9.48. The van der Waals surface area contributed by atoms with Crippen molar-refractivity contribution in [2.45, 2.75) is 32.1 Å². The molecular formula is C10H17. The van der Waals surface area contributed by atoms with Gasteiger partial charge in [0.25, 0.3) is 0 Å². The molecule has 0 atom stereocenters. The molecule has 57 valence electrons. The molecule has 0 saturated carbocycles. The van der Waals surface area contributed by atoms with Crippen LogP contribution in [-0.4, -0.2) is 0 Å². The van der Waals surface area contributed by atoms with E-state index in [2.05, 4.69) is 19.6 Å². The lowest BCUT2D eigenvalue weighted by Crippen LogP contribution is -1.72. The molecule has 0 fully saturated rings. The van der Waals surface area contributed by atoms with Crippen molar-refractivity contribution in [1.82, 2.24) is 0 Å². The van der Waals surface area contributed by atoms with Crippen molar-refractivity contribution in [3.05, 3.63) is 31.7 Å². The fourth-order valence-corrected chi connectivity index (χ4v) is 0.808. The van der Waals surface area contributed by atoms with E-state index in [0.29, 0.717) is 0 Å². The van der Waals surface area contributed by atoms with Crippen molar-refractivity contribution in [3.63, 3.8) is 0 Å². The normalized spacial score (nSPS) is 10.5. The summed E-state index contributed by atoms with van der Waals surface area (Å²) in [5.74, 6) is 0. The first-order valence-corrected chi connectivity index (χ1v) is 3.98. The first-order valence-electron chi connectivity index (χ1n) is 3.98. The van der Waals surface area contributed by atoms with Crippen LogP contribution in [0, 0.1) is 6.92 Å². The van der Waals surface area contributed by atoms with Crippen LogP contribution in [-0.2, 0) is 0 Å². The summed E-state index contributed by atoms with van der Waals surface area (Å²) < 4.78 is 0.